The number of nitriles is 1. The first kappa shape index (κ1) is 20.9. The van der Waals surface area contributed by atoms with Crippen LogP contribution in [0.25, 0.3) is 11.9 Å². The number of nitrogens with zero attached hydrogens (tertiary/aromatic N) is 4. The Kier molecular flexibility index (Phi) is 4.63. The lowest BCUT2D eigenvalue weighted by molar-refractivity contribution is -0.138. The predicted molar refractivity (Wildman–Crippen MR) is 112 cm³/mol. The maximum absolute atomic E-state index is 14.8. The first-order valence-corrected chi connectivity index (χ1v) is 10.1. The quantitative estimate of drug-likeness (QED) is 0.696. The number of halogens is 2. The van der Waals surface area contributed by atoms with Crippen LogP contribution in [0.3, 0.4) is 0 Å². The first-order chi connectivity index (χ1) is 14.6. The summed E-state index contributed by atoms with van der Waals surface area (Å²) in [6.45, 7) is 3.35. The molecule has 0 aromatic carbocycles. The highest BCUT2D eigenvalue weighted by Gasteiger charge is 2.79. The molecule has 1 saturated carbocycles. The number of pyridine rings is 2. The highest BCUT2D eigenvalue weighted by Crippen LogP contribution is 2.74. The molecule has 2 aliphatic rings. The zero-order chi connectivity index (χ0) is 22.6. The van der Waals surface area contributed by atoms with E-state index in [-0.39, 0.29) is 28.4 Å². The van der Waals surface area contributed by atoms with Gasteiger partial charge >= 0.3 is 5.97 Å². The number of rotatable bonds is 4. The monoisotopic (exact) mass is 441 g/mol. The zero-order valence-corrected chi connectivity index (χ0v) is 17.4. The average Bonchev–Trinajstić information content (AvgIpc) is 3.37. The number of carboxylic acid groups (broad SMARTS) is 1. The molecule has 0 unspecified atom stereocenters. The molecule has 7 nitrogen and oxygen atoms in total. The Balaban J connectivity index is 1.77. The molecule has 0 radical (unpaired) electrons. The normalized spacial score (nSPS) is 29.5. The Labute approximate surface area is 180 Å². The van der Waals surface area contributed by atoms with Crippen LogP contribution in [0.15, 0.2) is 35.6 Å². The van der Waals surface area contributed by atoms with Crippen molar-refractivity contribution in [1.29, 1.82) is 5.26 Å². The molecule has 0 saturated heterocycles. The molecule has 3 N–H and O–H groups in total. The van der Waals surface area contributed by atoms with Gasteiger partial charge < -0.3 is 10.8 Å². The molecule has 0 amide bonds. The minimum Gasteiger partial charge on any atom is -0.480 e. The van der Waals surface area contributed by atoms with E-state index in [1.54, 1.807) is 13.8 Å². The van der Waals surface area contributed by atoms with Gasteiger partial charge in [-0.2, -0.15) is 9.65 Å². The smallest absolute Gasteiger partial charge is 0.320 e. The van der Waals surface area contributed by atoms with Gasteiger partial charge in [-0.3, -0.25) is 14.8 Å². The molecule has 1 fully saturated rings. The van der Waals surface area contributed by atoms with Crippen molar-refractivity contribution in [2.24, 2.45) is 16.1 Å². The molecule has 0 spiro atoms. The Morgan fingerprint density at radius 3 is 2.71 bits per heavy atom. The summed E-state index contributed by atoms with van der Waals surface area (Å²) in [5, 5.41) is 18.7. The summed E-state index contributed by atoms with van der Waals surface area (Å²) in [6, 6.07) is 6.09. The highest BCUT2D eigenvalue weighted by molar-refractivity contribution is 8.15. The van der Waals surface area contributed by atoms with E-state index in [0.717, 1.165) is 24.0 Å². The lowest BCUT2D eigenvalue weighted by Gasteiger charge is -2.39. The van der Waals surface area contributed by atoms with E-state index in [4.69, 9.17) is 11.0 Å². The number of hydrogen-bond donors (Lipinski definition) is 2. The summed E-state index contributed by atoms with van der Waals surface area (Å²) < 4.78 is 28.3. The van der Waals surface area contributed by atoms with Crippen LogP contribution in [0.2, 0.25) is 0 Å². The Bertz CT molecular complexity index is 1210. The fraction of sp³-hybridized carbons (Fsp3) is 0.286. The second kappa shape index (κ2) is 6.85. The fourth-order valence-corrected chi connectivity index (χ4v) is 5.59. The Morgan fingerprint density at radius 2 is 2.10 bits per heavy atom. The summed E-state index contributed by atoms with van der Waals surface area (Å²) in [5.74, 6) is -2.56. The lowest BCUT2D eigenvalue weighted by atomic mass is 9.76. The van der Waals surface area contributed by atoms with Crippen LogP contribution >= 0.6 is 11.8 Å². The maximum Gasteiger partial charge on any atom is 0.320 e. The minimum atomic E-state index is -1.30. The SMILES string of the molecule is C[C@@]12C[C@]1(C(=O)O)SC(N)=N[C@@]2(C)c1cc(/C=C(\F)c2ccc(C#N)cn2)cnc1F. The van der Waals surface area contributed by atoms with Gasteiger partial charge in [-0.25, -0.2) is 9.37 Å². The molecule has 1 aliphatic carbocycles. The summed E-state index contributed by atoms with van der Waals surface area (Å²) in [6.07, 6.45) is 3.80. The van der Waals surface area contributed by atoms with E-state index in [9.17, 15) is 18.7 Å². The van der Waals surface area contributed by atoms with Gasteiger partial charge in [0.2, 0.25) is 5.95 Å². The standard InChI is InChI=1S/C21H17F2N5O2S/c1-19-10-21(19,17(29)30)31-18(25)28-20(19,2)13-5-12(9-27-16(13)23)6-14(22)15-4-3-11(7-24)8-26-15/h3-6,8-9H,10H2,1-2H3,(H2,25,28)(H,29,30)/b14-6-/t19-,20-,21+/m0/s1. The third-order valence-electron chi connectivity index (χ3n) is 6.22. The number of carbonyl (C=O) groups is 1. The number of carboxylic acids is 1. The Morgan fingerprint density at radius 1 is 1.35 bits per heavy atom. The summed E-state index contributed by atoms with van der Waals surface area (Å²) >= 11 is 0.970. The Hall–Kier alpha value is -3.32. The maximum atomic E-state index is 14.8. The minimum absolute atomic E-state index is 0.00599. The van der Waals surface area contributed by atoms with Crippen LogP contribution in [0, 0.1) is 22.7 Å². The van der Waals surface area contributed by atoms with Crippen molar-refractivity contribution >= 4 is 34.8 Å². The third kappa shape index (κ3) is 2.99. The van der Waals surface area contributed by atoms with Crippen molar-refractivity contribution in [1.82, 2.24) is 9.97 Å². The molecule has 31 heavy (non-hydrogen) atoms. The molecule has 3 atom stereocenters. The second-order valence-corrected chi connectivity index (χ2v) is 9.23. The van der Waals surface area contributed by atoms with Crippen LogP contribution in [-0.4, -0.2) is 31.0 Å². The van der Waals surface area contributed by atoms with Gasteiger partial charge in [0, 0.05) is 23.4 Å². The van der Waals surface area contributed by atoms with Gasteiger partial charge in [0.05, 0.1) is 16.8 Å². The summed E-state index contributed by atoms with van der Waals surface area (Å²) in [5.41, 5.74) is 4.30. The van der Waals surface area contributed by atoms with Crippen molar-refractivity contribution in [3.8, 4) is 6.07 Å². The molecular formula is C21H17F2N5O2S. The number of nitrogens with two attached hydrogens (primary N) is 1. The lowest BCUT2D eigenvalue weighted by Crippen LogP contribution is -2.45. The van der Waals surface area contributed by atoms with Gasteiger partial charge in [0.15, 0.2) is 5.17 Å². The van der Waals surface area contributed by atoms with E-state index in [0.29, 0.717) is 5.56 Å². The number of amidine groups is 1. The molecule has 0 bridgehead atoms. The molecule has 2 aromatic heterocycles. The molecule has 10 heteroatoms. The number of aliphatic imine (C=N–C) groups is 1. The first-order valence-electron chi connectivity index (χ1n) is 9.24. The second-order valence-electron chi connectivity index (χ2n) is 7.91. The van der Waals surface area contributed by atoms with Crippen LogP contribution < -0.4 is 5.73 Å². The van der Waals surface area contributed by atoms with E-state index in [2.05, 4.69) is 15.0 Å². The van der Waals surface area contributed by atoms with E-state index >= 15 is 0 Å². The predicted octanol–water partition coefficient (Wildman–Crippen LogP) is 3.47. The van der Waals surface area contributed by atoms with Crippen molar-refractivity contribution in [2.75, 3.05) is 0 Å². The van der Waals surface area contributed by atoms with Crippen molar-refractivity contribution in [2.45, 2.75) is 30.6 Å². The van der Waals surface area contributed by atoms with E-state index < -0.39 is 33.4 Å². The third-order valence-corrected chi connectivity index (χ3v) is 7.64. The van der Waals surface area contributed by atoms with Gasteiger partial charge in [0.1, 0.15) is 16.6 Å². The largest absolute Gasteiger partial charge is 0.480 e. The van der Waals surface area contributed by atoms with E-state index in [1.807, 2.05) is 6.07 Å². The van der Waals surface area contributed by atoms with Gasteiger partial charge in [-0.1, -0.05) is 18.7 Å². The number of aromatic nitrogens is 2. The zero-order valence-electron chi connectivity index (χ0n) is 16.6. The molecule has 3 heterocycles. The van der Waals surface area contributed by atoms with Crippen molar-refractivity contribution in [3.63, 3.8) is 0 Å². The van der Waals surface area contributed by atoms with Crippen LogP contribution in [-0.2, 0) is 10.3 Å². The number of fused-ring (bicyclic) bond motifs is 1. The molecule has 2 aromatic rings. The number of hydrogen-bond acceptors (Lipinski definition) is 7. The summed E-state index contributed by atoms with van der Waals surface area (Å²) in [4.78, 5) is 24.0. The van der Waals surface area contributed by atoms with Crippen LogP contribution in [0.4, 0.5) is 8.78 Å². The van der Waals surface area contributed by atoms with Crippen molar-refractivity contribution < 1.29 is 18.7 Å². The topological polar surface area (TPSA) is 125 Å². The molecule has 158 valence electrons. The van der Waals surface area contributed by atoms with Crippen molar-refractivity contribution in [3.05, 3.63) is 58.9 Å². The highest BCUT2D eigenvalue weighted by atomic mass is 32.2. The van der Waals surface area contributed by atoms with Crippen LogP contribution in [0.5, 0.6) is 0 Å². The molecule has 1 aliphatic heterocycles. The number of thioether (sulfide) groups is 1. The fourth-order valence-electron chi connectivity index (χ4n) is 4.13. The van der Waals surface area contributed by atoms with Gasteiger partial charge in [-0.15, -0.1) is 0 Å². The number of aliphatic carboxylic acids is 1. The average molecular weight is 441 g/mol. The summed E-state index contributed by atoms with van der Waals surface area (Å²) in [7, 11) is 0. The van der Waals surface area contributed by atoms with Gasteiger partial charge in [-0.05, 0) is 43.2 Å². The van der Waals surface area contributed by atoms with Crippen LogP contribution in [0.1, 0.15) is 42.7 Å². The molecule has 4 rings (SSSR count). The molecular weight excluding hydrogens is 424 g/mol. The van der Waals surface area contributed by atoms with E-state index in [1.165, 1.54) is 24.4 Å². The van der Waals surface area contributed by atoms with Gasteiger partial charge in [0.25, 0.3) is 0 Å².